The summed E-state index contributed by atoms with van der Waals surface area (Å²) in [5.74, 6) is -1.08. The van der Waals surface area contributed by atoms with Gasteiger partial charge in [-0.05, 0) is 48.7 Å². The third-order valence-corrected chi connectivity index (χ3v) is 6.13. The van der Waals surface area contributed by atoms with E-state index in [9.17, 15) is 19.7 Å². The molecule has 4 aromatic rings. The van der Waals surface area contributed by atoms with Crippen molar-refractivity contribution in [3.8, 4) is 0 Å². The fourth-order valence-electron chi connectivity index (χ4n) is 4.22. The van der Waals surface area contributed by atoms with Crippen LogP contribution in [-0.2, 0) is 6.54 Å². The molecule has 0 bridgehead atoms. The van der Waals surface area contributed by atoms with E-state index in [0.717, 1.165) is 43.2 Å². The second-order valence-electron chi connectivity index (χ2n) is 8.51. The van der Waals surface area contributed by atoms with E-state index in [1.54, 1.807) is 12.1 Å². The molecular formula is C25H24ClN5O6. The number of nitrogens with one attached hydrogen (secondary N) is 1. The van der Waals surface area contributed by atoms with Crippen molar-refractivity contribution in [2.45, 2.75) is 25.3 Å². The molecule has 5 rings (SSSR count). The van der Waals surface area contributed by atoms with Crippen molar-refractivity contribution in [1.29, 1.82) is 0 Å². The highest BCUT2D eigenvalue weighted by Crippen LogP contribution is 2.30. The van der Waals surface area contributed by atoms with Crippen molar-refractivity contribution in [2.24, 2.45) is 0 Å². The molecule has 0 saturated carbocycles. The molecule has 2 aromatic carbocycles. The Bertz CT molecular complexity index is 1420. The first-order chi connectivity index (χ1) is 17.5. The molecule has 11 nitrogen and oxygen atoms in total. The van der Waals surface area contributed by atoms with Crippen LogP contribution in [-0.4, -0.2) is 33.7 Å². The average Bonchev–Trinajstić information content (AvgIpc) is 3.53. The van der Waals surface area contributed by atoms with Gasteiger partial charge in [-0.2, -0.15) is 4.68 Å². The van der Waals surface area contributed by atoms with Crippen molar-refractivity contribution in [3.63, 3.8) is 0 Å². The lowest BCUT2D eigenvalue weighted by Gasteiger charge is -2.32. The number of amides is 1. The normalized spacial score (nSPS) is 13.7. The molecule has 2 aromatic heterocycles. The van der Waals surface area contributed by atoms with Gasteiger partial charge in [-0.15, -0.1) is 17.5 Å². The van der Waals surface area contributed by atoms with Crippen molar-refractivity contribution in [1.82, 2.24) is 9.78 Å². The number of anilines is 2. The van der Waals surface area contributed by atoms with Gasteiger partial charge in [-0.3, -0.25) is 14.9 Å². The number of hydrogen-bond acceptors (Lipinski definition) is 8. The van der Waals surface area contributed by atoms with Gasteiger partial charge in [0.1, 0.15) is 4.92 Å². The first-order valence-electron chi connectivity index (χ1n) is 11.5. The van der Waals surface area contributed by atoms with Gasteiger partial charge in [-0.25, -0.2) is 4.79 Å². The number of carbonyl (C=O) groups is 1. The molecule has 0 radical (unpaired) electrons. The summed E-state index contributed by atoms with van der Waals surface area (Å²) in [4.78, 5) is 36.8. The van der Waals surface area contributed by atoms with E-state index < -0.39 is 22.5 Å². The Morgan fingerprint density at radius 3 is 2.38 bits per heavy atom. The predicted molar refractivity (Wildman–Crippen MR) is 138 cm³/mol. The van der Waals surface area contributed by atoms with E-state index in [-0.39, 0.29) is 24.1 Å². The molecule has 1 fully saturated rings. The summed E-state index contributed by atoms with van der Waals surface area (Å²) in [5, 5.41) is 17.8. The van der Waals surface area contributed by atoms with E-state index in [2.05, 4.69) is 15.3 Å². The molecule has 1 aliphatic rings. The van der Waals surface area contributed by atoms with Gasteiger partial charge in [0, 0.05) is 30.4 Å². The lowest BCUT2D eigenvalue weighted by atomic mass is 9.96. The molecule has 1 amide bonds. The summed E-state index contributed by atoms with van der Waals surface area (Å²) in [6, 6.07) is 19.4. The number of rotatable bonds is 7. The van der Waals surface area contributed by atoms with E-state index in [1.165, 1.54) is 10.7 Å². The van der Waals surface area contributed by atoms with Crippen LogP contribution >= 0.6 is 12.4 Å². The van der Waals surface area contributed by atoms with Crippen molar-refractivity contribution in [2.75, 3.05) is 23.3 Å². The lowest BCUT2D eigenvalue weighted by Crippen LogP contribution is -2.33. The van der Waals surface area contributed by atoms with E-state index in [0.29, 0.717) is 18.1 Å². The van der Waals surface area contributed by atoms with Crippen LogP contribution in [0.15, 0.2) is 80.4 Å². The fraction of sp³-hybridized carbons (Fsp3) is 0.240. The topological polar surface area (TPSA) is 137 Å². The Hall–Kier alpha value is -4.38. The Balaban J connectivity index is 0.00000320. The molecule has 1 N–H and O–H groups in total. The first-order valence-corrected chi connectivity index (χ1v) is 11.5. The van der Waals surface area contributed by atoms with Crippen LogP contribution in [0.3, 0.4) is 0 Å². The van der Waals surface area contributed by atoms with Crippen LogP contribution in [0, 0.1) is 10.1 Å². The molecule has 0 atom stereocenters. The quantitative estimate of drug-likeness (QED) is 0.276. The molecule has 12 heteroatoms. The number of aromatic nitrogens is 2. The highest BCUT2D eigenvalue weighted by Gasteiger charge is 2.26. The van der Waals surface area contributed by atoms with Gasteiger partial charge in [0.05, 0.1) is 12.6 Å². The van der Waals surface area contributed by atoms with Crippen molar-refractivity contribution < 1.29 is 18.6 Å². The molecule has 1 aliphatic heterocycles. The standard InChI is InChI=1S/C25H23N5O6.ClH/c31-23(21-10-11-22(35-21)30(33)34)26-19-6-8-20(9-7-19)28-14-12-18(13-15-28)24-27-29(25(32)36-24)16-17-4-2-1-3-5-17;/h1-11,18H,12-16H2,(H,26,31);1H. The van der Waals surface area contributed by atoms with Crippen LogP contribution in [0.4, 0.5) is 17.3 Å². The number of furan rings is 1. The zero-order chi connectivity index (χ0) is 25.1. The van der Waals surface area contributed by atoms with Gasteiger partial charge in [0.2, 0.25) is 5.89 Å². The maximum atomic E-state index is 12.3. The minimum Gasteiger partial charge on any atom is -0.395 e. The van der Waals surface area contributed by atoms with Crippen LogP contribution in [0.2, 0.25) is 0 Å². The number of benzene rings is 2. The zero-order valence-electron chi connectivity index (χ0n) is 19.6. The van der Waals surface area contributed by atoms with Gasteiger partial charge in [0.15, 0.2) is 5.76 Å². The molecule has 0 unspecified atom stereocenters. The summed E-state index contributed by atoms with van der Waals surface area (Å²) in [7, 11) is 0. The Morgan fingerprint density at radius 2 is 1.73 bits per heavy atom. The Kier molecular flexibility index (Phi) is 7.73. The number of nitrogens with zero attached hydrogens (tertiary/aromatic N) is 4. The molecule has 37 heavy (non-hydrogen) atoms. The molecule has 0 spiro atoms. The molecule has 192 valence electrons. The van der Waals surface area contributed by atoms with E-state index in [4.69, 9.17) is 8.83 Å². The SMILES string of the molecule is Cl.O=C(Nc1ccc(N2CCC(c3nn(Cc4ccccc4)c(=O)o3)CC2)cc1)c1ccc([N+](=O)[O-])o1. The van der Waals surface area contributed by atoms with Gasteiger partial charge in [0.25, 0.3) is 5.91 Å². The number of hydrogen-bond donors (Lipinski definition) is 1. The molecule has 0 aliphatic carbocycles. The maximum Gasteiger partial charge on any atom is 0.437 e. The minimum absolute atomic E-state index is 0. The number of nitro groups is 1. The fourth-order valence-corrected chi connectivity index (χ4v) is 4.22. The largest absolute Gasteiger partial charge is 0.437 e. The van der Waals surface area contributed by atoms with Crippen LogP contribution in [0.1, 0.15) is 40.8 Å². The summed E-state index contributed by atoms with van der Waals surface area (Å²) < 4.78 is 11.8. The van der Waals surface area contributed by atoms with Gasteiger partial charge in [-0.1, -0.05) is 30.3 Å². The monoisotopic (exact) mass is 525 g/mol. The second kappa shape index (κ2) is 11.1. The maximum absolute atomic E-state index is 12.3. The van der Waals surface area contributed by atoms with E-state index >= 15 is 0 Å². The zero-order valence-corrected chi connectivity index (χ0v) is 20.4. The molecule has 1 saturated heterocycles. The molecule has 3 heterocycles. The number of carbonyl (C=O) groups excluding carboxylic acids is 1. The van der Waals surface area contributed by atoms with E-state index in [1.807, 2.05) is 42.5 Å². The summed E-state index contributed by atoms with van der Waals surface area (Å²) in [6.45, 7) is 1.91. The van der Waals surface area contributed by atoms with Crippen molar-refractivity contribution in [3.05, 3.63) is 105 Å². The Morgan fingerprint density at radius 1 is 1.03 bits per heavy atom. The average molecular weight is 526 g/mol. The van der Waals surface area contributed by atoms with Gasteiger partial charge >= 0.3 is 11.6 Å². The first kappa shape index (κ1) is 25.7. The minimum atomic E-state index is -0.696. The highest BCUT2D eigenvalue weighted by atomic mass is 35.5. The van der Waals surface area contributed by atoms with Crippen LogP contribution in [0.5, 0.6) is 0 Å². The van der Waals surface area contributed by atoms with Crippen LogP contribution in [0.25, 0.3) is 0 Å². The summed E-state index contributed by atoms with van der Waals surface area (Å²) in [5.41, 5.74) is 2.53. The number of piperidine rings is 1. The summed E-state index contributed by atoms with van der Waals surface area (Å²) >= 11 is 0. The second-order valence-corrected chi connectivity index (χ2v) is 8.51. The van der Waals surface area contributed by atoms with Crippen LogP contribution < -0.4 is 16.0 Å². The number of halogens is 1. The van der Waals surface area contributed by atoms with Gasteiger partial charge < -0.3 is 19.1 Å². The third kappa shape index (κ3) is 5.89. The third-order valence-electron chi connectivity index (χ3n) is 6.13. The summed E-state index contributed by atoms with van der Waals surface area (Å²) in [6.07, 6.45) is 1.59. The highest BCUT2D eigenvalue weighted by molar-refractivity contribution is 6.02. The van der Waals surface area contributed by atoms with Crippen molar-refractivity contribution >= 4 is 35.6 Å². The lowest BCUT2D eigenvalue weighted by molar-refractivity contribution is -0.402. The Labute approximate surface area is 217 Å². The predicted octanol–water partition coefficient (Wildman–Crippen LogP) is 4.44. The smallest absolute Gasteiger partial charge is 0.395 e. The molecular weight excluding hydrogens is 502 g/mol.